The second kappa shape index (κ2) is 3.26. The fraction of sp³-hybridized carbons (Fsp3) is 0.400. The molecule has 0 saturated carbocycles. The van der Waals surface area contributed by atoms with Crippen LogP contribution in [-0.4, -0.2) is 13.2 Å². The fourth-order valence-corrected chi connectivity index (χ4v) is 1.55. The molecule has 70 valence electrons. The number of benzene rings is 1. The first-order valence-corrected chi connectivity index (χ1v) is 4.54. The van der Waals surface area contributed by atoms with Gasteiger partial charge in [0.2, 0.25) is 0 Å². The first kappa shape index (κ1) is 8.38. The quantitative estimate of drug-likeness (QED) is 0.665. The van der Waals surface area contributed by atoms with E-state index in [1.165, 1.54) is 0 Å². The Morgan fingerprint density at radius 2 is 2.31 bits per heavy atom. The Morgan fingerprint density at radius 1 is 1.46 bits per heavy atom. The van der Waals surface area contributed by atoms with Gasteiger partial charge in [-0.15, -0.1) is 0 Å². The SMILES string of the molecule is Cc1c(N)cccc1N1CCCO1. The van der Waals surface area contributed by atoms with Crippen LogP contribution in [0.2, 0.25) is 0 Å². The van der Waals surface area contributed by atoms with Crippen molar-refractivity contribution in [2.24, 2.45) is 0 Å². The van der Waals surface area contributed by atoms with Gasteiger partial charge in [-0.2, -0.15) is 0 Å². The predicted octanol–water partition coefficient (Wildman–Crippen LogP) is 1.72. The molecule has 3 heteroatoms. The minimum Gasteiger partial charge on any atom is -0.398 e. The molecule has 0 unspecified atom stereocenters. The van der Waals surface area contributed by atoms with Crippen molar-refractivity contribution in [1.29, 1.82) is 0 Å². The van der Waals surface area contributed by atoms with Gasteiger partial charge in [0.05, 0.1) is 12.3 Å². The number of hydrogen-bond donors (Lipinski definition) is 1. The zero-order valence-corrected chi connectivity index (χ0v) is 7.79. The van der Waals surface area contributed by atoms with Crippen LogP contribution < -0.4 is 10.8 Å². The first-order chi connectivity index (χ1) is 6.29. The minimum atomic E-state index is 0.814. The van der Waals surface area contributed by atoms with Crippen molar-refractivity contribution in [1.82, 2.24) is 0 Å². The minimum absolute atomic E-state index is 0.814. The summed E-state index contributed by atoms with van der Waals surface area (Å²) in [5.41, 5.74) is 8.83. The smallest absolute Gasteiger partial charge is 0.0766 e. The summed E-state index contributed by atoms with van der Waals surface area (Å²) in [5, 5.41) is 1.92. The molecule has 0 atom stereocenters. The van der Waals surface area contributed by atoms with Crippen LogP contribution in [0.3, 0.4) is 0 Å². The molecular formula is C10H14N2O. The Bertz CT molecular complexity index is 306. The van der Waals surface area contributed by atoms with Gasteiger partial charge in [-0.3, -0.25) is 9.90 Å². The zero-order valence-electron chi connectivity index (χ0n) is 7.79. The molecule has 0 radical (unpaired) electrons. The molecule has 13 heavy (non-hydrogen) atoms. The van der Waals surface area contributed by atoms with Crippen LogP contribution in [0.25, 0.3) is 0 Å². The average Bonchev–Trinajstić information content (AvgIpc) is 2.62. The van der Waals surface area contributed by atoms with E-state index in [2.05, 4.69) is 0 Å². The van der Waals surface area contributed by atoms with Crippen LogP contribution in [0.1, 0.15) is 12.0 Å². The van der Waals surface area contributed by atoms with Crippen molar-refractivity contribution < 1.29 is 4.84 Å². The Labute approximate surface area is 78.1 Å². The molecule has 3 nitrogen and oxygen atoms in total. The molecule has 1 aliphatic heterocycles. The van der Waals surface area contributed by atoms with E-state index in [1.54, 1.807) is 0 Å². The van der Waals surface area contributed by atoms with Gasteiger partial charge < -0.3 is 5.73 Å². The molecule has 1 heterocycles. The molecule has 1 aliphatic rings. The first-order valence-electron chi connectivity index (χ1n) is 4.54. The molecule has 0 amide bonds. The second-order valence-electron chi connectivity index (χ2n) is 3.28. The summed E-state index contributed by atoms with van der Waals surface area (Å²) >= 11 is 0. The third-order valence-corrected chi connectivity index (χ3v) is 2.37. The lowest BCUT2D eigenvalue weighted by molar-refractivity contribution is 0.168. The third kappa shape index (κ3) is 1.47. The average molecular weight is 178 g/mol. The Hall–Kier alpha value is -1.22. The molecular weight excluding hydrogens is 164 g/mol. The van der Waals surface area contributed by atoms with Crippen LogP contribution in [-0.2, 0) is 4.84 Å². The summed E-state index contributed by atoms with van der Waals surface area (Å²) in [6, 6.07) is 5.91. The molecule has 0 spiro atoms. The van der Waals surface area contributed by atoms with Gasteiger partial charge in [-0.25, -0.2) is 0 Å². The van der Waals surface area contributed by atoms with Crippen molar-refractivity contribution in [3.63, 3.8) is 0 Å². The summed E-state index contributed by atoms with van der Waals surface area (Å²) in [6.07, 6.45) is 1.09. The van der Waals surface area contributed by atoms with Gasteiger partial charge in [0.15, 0.2) is 0 Å². The molecule has 2 N–H and O–H groups in total. The van der Waals surface area contributed by atoms with Crippen LogP contribution in [0.4, 0.5) is 11.4 Å². The number of rotatable bonds is 1. The lowest BCUT2D eigenvalue weighted by Crippen LogP contribution is -2.17. The van der Waals surface area contributed by atoms with E-state index in [0.29, 0.717) is 0 Å². The largest absolute Gasteiger partial charge is 0.398 e. The number of nitrogens with zero attached hydrogens (tertiary/aromatic N) is 1. The normalized spacial score (nSPS) is 16.5. The standard InChI is InChI=1S/C10H14N2O/c1-8-9(11)4-2-5-10(8)12-6-3-7-13-12/h2,4-5H,3,6-7,11H2,1H3. The summed E-state index contributed by atoms with van der Waals surface area (Å²) in [7, 11) is 0. The van der Waals surface area contributed by atoms with Crippen molar-refractivity contribution in [2.45, 2.75) is 13.3 Å². The van der Waals surface area contributed by atoms with E-state index in [9.17, 15) is 0 Å². The Kier molecular flexibility index (Phi) is 2.10. The van der Waals surface area contributed by atoms with E-state index in [-0.39, 0.29) is 0 Å². The third-order valence-electron chi connectivity index (χ3n) is 2.37. The van der Waals surface area contributed by atoms with Gasteiger partial charge >= 0.3 is 0 Å². The highest BCUT2D eigenvalue weighted by atomic mass is 16.7. The van der Waals surface area contributed by atoms with E-state index in [1.807, 2.05) is 30.2 Å². The monoisotopic (exact) mass is 178 g/mol. The van der Waals surface area contributed by atoms with Crippen LogP contribution >= 0.6 is 0 Å². The number of hydrogen-bond acceptors (Lipinski definition) is 3. The van der Waals surface area contributed by atoms with Gasteiger partial charge in [-0.05, 0) is 31.0 Å². The summed E-state index contributed by atoms with van der Waals surface area (Å²) in [4.78, 5) is 5.45. The van der Waals surface area contributed by atoms with E-state index >= 15 is 0 Å². The maximum Gasteiger partial charge on any atom is 0.0766 e. The number of nitrogen functional groups attached to an aromatic ring is 1. The number of anilines is 2. The topological polar surface area (TPSA) is 38.5 Å². The van der Waals surface area contributed by atoms with E-state index in [4.69, 9.17) is 10.6 Å². The Balaban J connectivity index is 2.33. The highest BCUT2D eigenvalue weighted by molar-refractivity contribution is 5.63. The Morgan fingerprint density at radius 3 is 3.00 bits per heavy atom. The molecule has 1 saturated heterocycles. The van der Waals surface area contributed by atoms with E-state index in [0.717, 1.165) is 36.5 Å². The van der Waals surface area contributed by atoms with Gasteiger partial charge in [0.25, 0.3) is 0 Å². The van der Waals surface area contributed by atoms with Crippen LogP contribution in [0.15, 0.2) is 18.2 Å². The number of hydroxylamine groups is 1. The number of nitrogens with two attached hydrogens (primary N) is 1. The lowest BCUT2D eigenvalue weighted by atomic mass is 10.1. The highest BCUT2D eigenvalue weighted by Gasteiger charge is 2.15. The fourth-order valence-electron chi connectivity index (χ4n) is 1.55. The van der Waals surface area contributed by atoms with Gasteiger partial charge in [-0.1, -0.05) is 6.07 Å². The summed E-state index contributed by atoms with van der Waals surface area (Å²) < 4.78 is 0. The molecule has 1 aromatic carbocycles. The van der Waals surface area contributed by atoms with Gasteiger partial charge in [0, 0.05) is 12.2 Å². The highest BCUT2D eigenvalue weighted by Crippen LogP contribution is 2.26. The van der Waals surface area contributed by atoms with Crippen molar-refractivity contribution in [3.8, 4) is 0 Å². The molecule has 2 rings (SSSR count). The maximum atomic E-state index is 5.81. The van der Waals surface area contributed by atoms with Crippen LogP contribution in [0.5, 0.6) is 0 Å². The van der Waals surface area contributed by atoms with Crippen molar-refractivity contribution in [2.75, 3.05) is 23.9 Å². The van der Waals surface area contributed by atoms with Crippen LogP contribution in [0, 0.1) is 6.92 Å². The van der Waals surface area contributed by atoms with Crippen molar-refractivity contribution in [3.05, 3.63) is 23.8 Å². The molecule has 0 aromatic heterocycles. The molecule has 0 bridgehead atoms. The summed E-state index contributed by atoms with van der Waals surface area (Å²) in [6.45, 7) is 3.80. The zero-order chi connectivity index (χ0) is 9.26. The lowest BCUT2D eigenvalue weighted by Gasteiger charge is -2.19. The van der Waals surface area contributed by atoms with Gasteiger partial charge in [0.1, 0.15) is 0 Å². The van der Waals surface area contributed by atoms with E-state index < -0.39 is 0 Å². The maximum absolute atomic E-state index is 5.81. The predicted molar refractivity (Wildman–Crippen MR) is 53.5 cm³/mol. The van der Waals surface area contributed by atoms with Crippen molar-refractivity contribution >= 4 is 11.4 Å². The summed E-state index contributed by atoms with van der Waals surface area (Å²) in [5.74, 6) is 0. The molecule has 0 aliphatic carbocycles. The molecule has 1 aromatic rings. The second-order valence-corrected chi connectivity index (χ2v) is 3.28. The molecule has 1 fully saturated rings.